The van der Waals surface area contributed by atoms with E-state index in [1.165, 1.54) is 16.2 Å². The highest BCUT2D eigenvalue weighted by atomic mass is 32.1. The van der Waals surface area contributed by atoms with Crippen molar-refractivity contribution >= 4 is 33.3 Å². The fraction of sp³-hybridized carbons (Fsp3) is 0.226. The minimum atomic E-state index is -0.779. The van der Waals surface area contributed by atoms with E-state index in [0.717, 1.165) is 10.6 Å². The Morgan fingerprint density at radius 1 is 0.950 bits per heavy atom. The van der Waals surface area contributed by atoms with E-state index in [-0.39, 0.29) is 22.7 Å². The molecule has 40 heavy (non-hydrogen) atoms. The average Bonchev–Trinajstić information content (AvgIpc) is 3.57. The zero-order chi connectivity index (χ0) is 27.8. The van der Waals surface area contributed by atoms with Gasteiger partial charge in [-0.25, -0.2) is 0 Å². The molecule has 3 aromatic carbocycles. The average molecular weight is 554 g/mol. The van der Waals surface area contributed by atoms with Gasteiger partial charge in [0.15, 0.2) is 16.9 Å². The number of fused-ring (bicyclic) bond motifs is 2. The summed E-state index contributed by atoms with van der Waals surface area (Å²) in [6.07, 6.45) is 0. The zero-order valence-electron chi connectivity index (χ0n) is 22.3. The number of anilines is 1. The van der Waals surface area contributed by atoms with E-state index in [0.29, 0.717) is 46.4 Å². The van der Waals surface area contributed by atoms with Gasteiger partial charge in [-0.05, 0) is 42.3 Å². The molecule has 5 aromatic rings. The van der Waals surface area contributed by atoms with Crippen LogP contribution in [0.15, 0.2) is 82.0 Å². The molecule has 1 unspecified atom stereocenters. The highest BCUT2D eigenvalue weighted by Crippen LogP contribution is 2.44. The molecule has 0 aliphatic carbocycles. The van der Waals surface area contributed by atoms with Crippen LogP contribution >= 0.6 is 11.3 Å². The molecular weight excluding hydrogens is 526 g/mol. The predicted molar refractivity (Wildman–Crippen MR) is 154 cm³/mol. The quantitative estimate of drug-likeness (QED) is 0.217. The number of aromatic nitrogens is 2. The van der Waals surface area contributed by atoms with Crippen LogP contribution in [0.2, 0.25) is 0 Å². The maximum Gasteiger partial charge on any atom is 0.297 e. The van der Waals surface area contributed by atoms with Crippen molar-refractivity contribution in [3.05, 3.63) is 110 Å². The van der Waals surface area contributed by atoms with Gasteiger partial charge in [0.05, 0.1) is 23.6 Å². The molecule has 1 aliphatic heterocycles. The van der Waals surface area contributed by atoms with Gasteiger partial charge in [-0.3, -0.25) is 14.5 Å². The number of carbonyl (C=O) groups excluding carboxylic acids is 1. The first-order valence-electron chi connectivity index (χ1n) is 13.1. The number of para-hydroxylation sites is 1. The van der Waals surface area contributed by atoms with Crippen LogP contribution in [-0.4, -0.2) is 22.7 Å². The van der Waals surface area contributed by atoms with Crippen molar-refractivity contribution in [2.75, 3.05) is 11.5 Å². The smallest absolute Gasteiger partial charge is 0.297 e. The summed E-state index contributed by atoms with van der Waals surface area (Å²) in [5, 5.41) is 10.2. The molecule has 1 aliphatic rings. The fourth-order valence-corrected chi connectivity index (χ4v) is 5.68. The summed E-state index contributed by atoms with van der Waals surface area (Å²) < 4.78 is 18.1. The first-order valence-corrected chi connectivity index (χ1v) is 13.9. The van der Waals surface area contributed by atoms with Gasteiger partial charge in [-0.15, -0.1) is 10.2 Å². The number of nitrogens with zero attached hydrogens (tertiary/aromatic N) is 3. The van der Waals surface area contributed by atoms with Crippen LogP contribution < -0.4 is 19.8 Å². The Hall–Kier alpha value is -4.50. The van der Waals surface area contributed by atoms with Crippen LogP contribution in [-0.2, 0) is 6.61 Å². The van der Waals surface area contributed by atoms with Gasteiger partial charge in [-0.2, -0.15) is 0 Å². The minimum Gasteiger partial charge on any atom is -0.490 e. The lowest BCUT2D eigenvalue weighted by Gasteiger charge is -2.23. The third kappa shape index (κ3) is 4.52. The highest BCUT2D eigenvalue weighted by molar-refractivity contribution is 7.15. The molecule has 202 valence electrons. The molecule has 0 fully saturated rings. The monoisotopic (exact) mass is 553 g/mol. The summed E-state index contributed by atoms with van der Waals surface area (Å²) in [6, 6.07) is 21.5. The second-order valence-electron chi connectivity index (χ2n) is 9.74. The van der Waals surface area contributed by atoms with Crippen molar-refractivity contribution in [2.24, 2.45) is 0 Å². The van der Waals surface area contributed by atoms with Crippen molar-refractivity contribution in [3.8, 4) is 11.5 Å². The van der Waals surface area contributed by atoms with Crippen LogP contribution in [0.25, 0.3) is 11.0 Å². The normalized spacial score (nSPS) is 14.7. The molecule has 0 radical (unpaired) electrons. The number of benzene rings is 3. The van der Waals surface area contributed by atoms with Crippen LogP contribution in [0.1, 0.15) is 65.0 Å². The Bertz CT molecular complexity index is 1760. The summed E-state index contributed by atoms with van der Waals surface area (Å²) in [5.74, 6) is 0.794. The number of carbonyl (C=O) groups is 1. The Kier molecular flexibility index (Phi) is 6.81. The lowest BCUT2D eigenvalue weighted by molar-refractivity contribution is 0.0970. The molecule has 8 nitrogen and oxygen atoms in total. The van der Waals surface area contributed by atoms with Crippen molar-refractivity contribution in [3.63, 3.8) is 0 Å². The van der Waals surface area contributed by atoms with Gasteiger partial charge in [0.2, 0.25) is 10.9 Å². The largest absolute Gasteiger partial charge is 0.490 e. The number of ether oxygens (including phenoxy) is 2. The Labute approximate surface area is 234 Å². The molecule has 1 atom stereocenters. The second-order valence-corrected chi connectivity index (χ2v) is 10.7. The van der Waals surface area contributed by atoms with E-state index in [1.54, 1.807) is 24.3 Å². The SMILES string of the molecule is CCOc1cc(C2c3c(oc4ccccc4c3=O)C(=O)N2c2nnc(C(C)C)s2)ccc1OCc1ccccc1. The fourth-order valence-electron chi connectivity index (χ4n) is 4.81. The molecule has 1 amide bonds. The van der Waals surface area contributed by atoms with Crippen molar-refractivity contribution in [1.29, 1.82) is 0 Å². The Balaban J connectivity index is 1.48. The van der Waals surface area contributed by atoms with Gasteiger partial charge in [-0.1, -0.05) is 73.7 Å². The van der Waals surface area contributed by atoms with Gasteiger partial charge in [0.1, 0.15) is 17.2 Å². The van der Waals surface area contributed by atoms with Gasteiger partial charge < -0.3 is 13.9 Å². The highest BCUT2D eigenvalue weighted by Gasteiger charge is 2.45. The lowest BCUT2D eigenvalue weighted by Crippen LogP contribution is -2.29. The van der Waals surface area contributed by atoms with Crippen molar-refractivity contribution in [2.45, 2.75) is 39.3 Å². The Morgan fingerprint density at radius 2 is 1.73 bits per heavy atom. The molecule has 0 saturated heterocycles. The molecule has 3 heterocycles. The summed E-state index contributed by atoms with van der Waals surface area (Å²) >= 11 is 1.33. The van der Waals surface area contributed by atoms with E-state index >= 15 is 0 Å². The summed E-state index contributed by atoms with van der Waals surface area (Å²) in [5.41, 5.74) is 2.07. The third-order valence-corrected chi connectivity index (χ3v) is 7.95. The third-order valence-electron chi connectivity index (χ3n) is 6.73. The summed E-state index contributed by atoms with van der Waals surface area (Å²) in [7, 11) is 0. The number of amides is 1. The first-order chi connectivity index (χ1) is 19.5. The van der Waals surface area contributed by atoms with Crippen molar-refractivity contribution < 1.29 is 18.7 Å². The first kappa shape index (κ1) is 25.8. The molecule has 0 N–H and O–H groups in total. The van der Waals surface area contributed by atoms with E-state index in [1.807, 2.05) is 69.3 Å². The molecule has 0 spiro atoms. The molecule has 2 aromatic heterocycles. The van der Waals surface area contributed by atoms with Crippen LogP contribution in [0, 0.1) is 0 Å². The molecular formula is C31H27N3O5S. The van der Waals surface area contributed by atoms with Crippen LogP contribution in [0.3, 0.4) is 0 Å². The van der Waals surface area contributed by atoms with Crippen LogP contribution in [0.5, 0.6) is 11.5 Å². The molecule has 6 rings (SSSR count). The van der Waals surface area contributed by atoms with E-state index in [9.17, 15) is 9.59 Å². The topological polar surface area (TPSA) is 94.8 Å². The van der Waals surface area contributed by atoms with Crippen molar-refractivity contribution in [1.82, 2.24) is 10.2 Å². The maximum absolute atomic E-state index is 13.9. The maximum atomic E-state index is 13.9. The Morgan fingerprint density at radius 3 is 2.48 bits per heavy atom. The summed E-state index contributed by atoms with van der Waals surface area (Å²) in [6.45, 7) is 6.71. The van der Waals surface area contributed by atoms with Gasteiger partial charge in [0, 0.05) is 5.92 Å². The number of hydrogen-bond acceptors (Lipinski definition) is 8. The molecule has 9 heteroatoms. The lowest BCUT2D eigenvalue weighted by atomic mass is 9.98. The van der Waals surface area contributed by atoms with E-state index in [4.69, 9.17) is 13.9 Å². The number of rotatable bonds is 8. The van der Waals surface area contributed by atoms with Gasteiger partial charge in [0.25, 0.3) is 5.91 Å². The number of hydrogen-bond donors (Lipinski definition) is 0. The predicted octanol–water partition coefficient (Wildman–Crippen LogP) is 6.50. The zero-order valence-corrected chi connectivity index (χ0v) is 23.1. The molecule has 0 bridgehead atoms. The van der Waals surface area contributed by atoms with Gasteiger partial charge >= 0.3 is 0 Å². The van der Waals surface area contributed by atoms with E-state index in [2.05, 4.69) is 10.2 Å². The standard InChI is InChI=1S/C31H27N3O5S/c1-4-37-24-16-20(14-15-23(24)38-17-19-10-6-5-7-11-19)26-25-27(35)21-12-8-9-13-22(21)39-28(25)30(36)34(26)31-33-32-29(40-31)18(2)3/h5-16,18,26H,4,17H2,1-3H3. The van der Waals surface area contributed by atoms with Crippen LogP contribution in [0.4, 0.5) is 5.13 Å². The second kappa shape index (κ2) is 10.6. The summed E-state index contributed by atoms with van der Waals surface area (Å²) in [4.78, 5) is 29.2. The van der Waals surface area contributed by atoms with E-state index < -0.39 is 11.9 Å². The molecule has 0 saturated carbocycles. The minimum absolute atomic E-state index is 0.0114.